The Bertz CT molecular complexity index is 647. The molecule has 1 unspecified atom stereocenters. The number of rotatable bonds is 4. The minimum Gasteiger partial charge on any atom is -0.329 e. The first kappa shape index (κ1) is 15.1. The molecular weight excluding hydrogens is 281 g/mol. The van der Waals surface area contributed by atoms with Crippen molar-refractivity contribution in [2.45, 2.75) is 5.92 Å². The average Bonchev–Trinajstić information content (AvgIpc) is 2.46. The third-order valence-electron chi connectivity index (χ3n) is 3.00. The SMILES string of the molecule is NCC(C(=O)Nc1cc(F)cc(F)c1F)c1ccccc1. The smallest absolute Gasteiger partial charge is 0.233 e. The molecule has 0 aromatic heterocycles. The maximum absolute atomic E-state index is 13.5. The highest BCUT2D eigenvalue weighted by Crippen LogP contribution is 2.22. The Hall–Kier alpha value is -2.34. The van der Waals surface area contributed by atoms with E-state index in [4.69, 9.17) is 5.73 Å². The van der Waals surface area contributed by atoms with Gasteiger partial charge >= 0.3 is 0 Å². The largest absolute Gasteiger partial charge is 0.329 e. The Balaban J connectivity index is 2.25. The summed E-state index contributed by atoms with van der Waals surface area (Å²) in [6.45, 7) is -0.0186. The second kappa shape index (κ2) is 6.41. The zero-order valence-corrected chi connectivity index (χ0v) is 10.9. The molecule has 21 heavy (non-hydrogen) atoms. The van der Waals surface area contributed by atoms with Crippen molar-refractivity contribution in [3.63, 3.8) is 0 Å². The summed E-state index contributed by atoms with van der Waals surface area (Å²) in [4.78, 5) is 12.1. The number of halogens is 3. The van der Waals surface area contributed by atoms with E-state index in [1.807, 2.05) is 0 Å². The van der Waals surface area contributed by atoms with Gasteiger partial charge in [0.15, 0.2) is 11.6 Å². The highest BCUT2D eigenvalue weighted by molar-refractivity contribution is 5.96. The topological polar surface area (TPSA) is 55.1 Å². The second-order valence-electron chi connectivity index (χ2n) is 4.44. The van der Waals surface area contributed by atoms with Crippen LogP contribution in [-0.2, 0) is 4.79 Å². The fourth-order valence-corrected chi connectivity index (χ4v) is 1.95. The van der Waals surface area contributed by atoms with Crippen LogP contribution in [0.15, 0.2) is 42.5 Å². The van der Waals surface area contributed by atoms with Gasteiger partial charge in [-0.2, -0.15) is 0 Å². The minimum absolute atomic E-state index is 0.0186. The van der Waals surface area contributed by atoms with Gasteiger partial charge in [0, 0.05) is 18.7 Å². The average molecular weight is 294 g/mol. The number of carbonyl (C=O) groups excluding carboxylic acids is 1. The minimum atomic E-state index is -1.37. The molecule has 0 saturated heterocycles. The predicted octanol–water partition coefficient (Wildman–Crippen LogP) is 2.78. The molecule has 110 valence electrons. The summed E-state index contributed by atoms with van der Waals surface area (Å²) >= 11 is 0. The van der Waals surface area contributed by atoms with Crippen molar-refractivity contribution in [1.82, 2.24) is 0 Å². The summed E-state index contributed by atoms with van der Waals surface area (Å²) in [7, 11) is 0. The zero-order chi connectivity index (χ0) is 15.4. The van der Waals surface area contributed by atoms with Crippen LogP contribution >= 0.6 is 0 Å². The lowest BCUT2D eigenvalue weighted by molar-refractivity contribution is -0.117. The van der Waals surface area contributed by atoms with Crippen LogP contribution in [0.2, 0.25) is 0 Å². The van der Waals surface area contributed by atoms with E-state index in [9.17, 15) is 18.0 Å². The lowest BCUT2D eigenvalue weighted by Gasteiger charge is -2.15. The second-order valence-corrected chi connectivity index (χ2v) is 4.44. The normalized spacial score (nSPS) is 12.0. The summed E-state index contributed by atoms with van der Waals surface area (Å²) in [6, 6.07) is 9.74. The number of hydrogen-bond acceptors (Lipinski definition) is 2. The van der Waals surface area contributed by atoms with Gasteiger partial charge in [0.25, 0.3) is 0 Å². The number of nitrogens with two attached hydrogens (primary N) is 1. The van der Waals surface area contributed by atoms with E-state index in [1.54, 1.807) is 30.3 Å². The summed E-state index contributed by atoms with van der Waals surface area (Å²) in [5, 5.41) is 2.17. The Morgan fingerprint density at radius 2 is 1.81 bits per heavy atom. The van der Waals surface area contributed by atoms with Crippen LogP contribution in [-0.4, -0.2) is 12.5 Å². The molecule has 0 aliphatic rings. The molecule has 0 spiro atoms. The molecule has 2 aromatic carbocycles. The number of anilines is 1. The van der Waals surface area contributed by atoms with Crippen molar-refractivity contribution >= 4 is 11.6 Å². The molecule has 0 aliphatic carbocycles. The van der Waals surface area contributed by atoms with E-state index >= 15 is 0 Å². The van der Waals surface area contributed by atoms with Crippen molar-refractivity contribution in [2.75, 3.05) is 11.9 Å². The summed E-state index contributed by atoms with van der Waals surface area (Å²) < 4.78 is 39.7. The van der Waals surface area contributed by atoms with Crippen molar-refractivity contribution in [2.24, 2.45) is 5.73 Å². The molecule has 0 bridgehead atoms. The molecule has 0 heterocycles. The summed E-state index contributed by atoms with van der Waals surface area (Å²) in [5.74, 6) is -5.03. The summed E-state index contributed by atoms with van der Waals surface area (Å²) in [5.41, 5.74) is 5.64. The van der Waals surface area contributed by atoms with Gasteiger partial charge in [0.2, 0.25) is 5.91 Å². The molecule has 3 N–H and O–H groups in total. The van der Waals surface area contributed by atoms with Crippen LogP contribution in [0, 0.1) is 17.5 Å². The van der Waals surface area contributed by atoms with E-state index in [-0.39, 0.29) is 6.54 Å². The number of benzene rings is 2. The van der Waals surface area contributed by atoms with Crippen molar-refractivity contribution < 1.29 is 18.0 Å². The maximum atomic E-state index is 13.5. The first-order valence-electron chi connectivity index (χ1n) is 6.23. The van der Waals surface area contributed by atoms with Crippen molar-refractivity contribution in [3.05, 3.63) is 65.5 Å². The fourth-order valence-electron chi connectivity index (χ4n) is 1.95. The van der Waals surface area contributed by atoms with Crippen LogP contribution < -0.4 is 11.1 Å². The Morgan fingerprint density at radius 1 is 1.14 bits per heavy atom. The third kappa shape index (κ3) is 3.41. The zero-order valence-electron chi connectivity index (χ0n) is 10.9. The quantitative estimate of drug-likeness (QED) is 0.852. The first-order valence-corrected chi connectivity index (χ1v) is 6.23. The van der Waals surface area contributed by atoms with Crippen molar-refractivity contribution in [1.29, 1.82) is 0 Å². The number of nitrogens with one attached hydrogen (secondary N) is 1. The Labute approximate surface area is 119 Å². The molecule has 0 radical (unpaired) electrons. The highest BCUT2D eigenvalue weighted by Gasteiger charge is 2.21. The van der Waals surface area contributed by atoms with Crippen LogP contribution in [0.1, 0.15) is 11.5 Å². The van der Waals surface area contributed by atoms with Crippen LogP contribution in [0.4, 0.5) is 18.9 Å². The summed E-state index contributed by atoms with van der Waals surface area (Å²) in [6.07, 6.45) is 0. The molecule has 1 atom stereocenters. The Morgan fingerprint density at radius 3 is 2.43 bits per heavy atom. The maximum Gasteiger partial charge on any atom is 0.233 e. The third-order valence-corrected chi connectivity index (χ3v) is 3.00. The van der Waals surface area contributed by atoms with E-state index < -0.39 is 35.0 Å². The van der Waals surface area contributed by atoms with Gasteiger partial charge in [0.05, 0.1) is 11.6 Å². The van der Waals surface area contributed by atoms with Crippen LogP contribution in [0.25, 0.3) is 0 Å². The number of amides is 1. The van der Waals surface area contributed by atoms with Crippen LogP contribution in [0.5, 0.6) is 0 Å². The number of hydrogen-bond donors (Lipinski definition) is 2. The predicted molar refractivity (Wildman–Crippen MR) is 73.2 cm³/mol. The number of carbonyl (C=O) groups is 1. The lowest BCUT2D eigenvalue weighted by atomic mass is 9.98. The molecule has 2 aromatic rings. The first-order chi connectivity index (χ1) is 10.0. The molecule has 3 nitrogen and oxygen atoms in total. The van der Waals surface area contributed by atoms with Gasteiger partial charge in [-0.05, 0) is 5.56 Å². The lowest BCUT2D eigenvalue weighted by Crippen LogP contribution is -2.27. The van der Waals surface area contributed by atoms with Gasteiger partial charge < -0.3 is 11.1 Å². The van der Waals surface area contributed by atoms with E-state index in [2.05, 4.69) is 5.32 Å². The van der Waals surface area contributed by atoms with E-state index in [1.165, 1.54) is 0 Å². The van der Waals surface area contributed by atoms with Gasteiger partial charge in [0.1, 0.15) is 5.82 Å². The van der Waals surface area contributed by atoms with E-state index in [0.29, 0.717) is 11.6 Å². The van der Waals surface area contributed by atoms with Crippen molar-refractivity contribution in [3.8, 4) is 0 Å². The molecule has 0 saturated carbocycles. The molecule has 0 fully saturated rings. The van der Waals surface area contributed by atoms with Gasteiger partial charge in [-0.3, -0.25) is 4.79 Å². The molecule has 2 rings (SSSR count). The van der Waals surface area contributed by atoms with Gasteiger partial charge in [-0.25, -0.2) is 13.2 Å². The van der Waals surface area contributed by atoms with Gasteiger partial charge in [-0.15, -0.1) is 0 Å². The molecule has 1 amide bonds. The monoisotopic (exact) mass is 294 g/mol. The molecule has 6 heteroatoms. The Kier molecular flexibility index (Phi) is 4.59. The fraction of sp³-hybridized carbons (Fsp3) is 0.133. The molecular formula is C15H13F3N2O. The molecule has 0 aliphatic heterocycles. The van der Waals surface area contributed by atoms with E-state index in [0.717, 1.165) is 6.07 Å². The van der Waals surface area contributed by atoms with Gasteiger partial charge in [-0.1, -0.05) is 30.3 Å². The van der Waals surface area contributed by atoms with Crippen LogP contribution in [0.3, 0.4) is 0 Å². The standard InChI is InChI=1S/C15H13F3N2O/c16-10-6-12(17)14(18)13(7-10)20-15(21)11(8-19)9-4-2-1-3-5-9/h1-7,11H,8,19H2,(H,20,21). The highest BCUT2D eigenvalue weighted by atomic mass is 19.2.